The van der Waals surface area contributed by atoms with Gasteiger partial charge in [-0.3, -0.25) is 0 Å². The average Bonchev–Trinajstić information content (AvgIpc) is 3.18. The molecule has 7 aromatic rings. The molecule has 3 heteroatoms. The molecular formula is C45H27N3. The quantitative estimate of drug-likeness (QED) is 0.188. The molecule has 0 amide bonds. The molecule has 0 radical (unpaired) electrons. The van der Waals surface area contributed by atoms with E-state index in [0.29, 0.717) is 16.7 Å². The van der Waals surface area contributed by atoms with Gasteiger partial charge in [0.25, 0.3) is 0 Å². The van der Waals surface area contributed by atoms with E-state index in [1.54, 1.807) is 0 Å². The van der Waals surface area contributed by atoms with Crippen molar-refractivity contribution in [1.29, 1.82) is 15.8 Å². The summed E-state index contributed by atoms with van der Waals surface area (Å²) in [6.07, 6.45) is 0. The molecule has 0 heterocycles. The van der Waals surface area contributed by atoms with Gasteiger partial charge in [0.2, 0.25) is 0 Å². The van der Waals surface area contributed by atoms with Crippen LogP contribution in [0.2, 0.25) is 0 Å². The van der Waals surface area contributed by atoms with Crippen molar-refractivity contribution in [2.45, 2.75) is 0 Å². The number of nitrogens with zero attached hydrogens (tertiary/aromatic N) is 3. The molecule has 3 nitrogen and oxygen atoms in total. The zero-order valence-corrected chi connectivity index (χ0v) is 25.9. The molecule has 0 spiro atoms. The molecular weight excluding hydrogens is 583 g/mol. The lowest BCUT2D eigenvalue weighted by atomic mass is 9.91. The van der Waals surface area contributed by atoms with E-state index < -0.39 is 0 Å². The Morgan fingerprint density at radius 2 is 0.646 bits per heavy atom. The summed E-state index contributed by atoms with van der Waals surface area (Å²) in [4.78, 5) is 0. The molecule has 0 unspecified atom stereocenters. The minimum atomic E-state index is 0.544. The summed E-state index contributed by atoms with van der Waals surface area (Å²) in [7, 11) is 0. The van der Waals surface area contributed by atoms with Gasteiger partial charge in [-0.2, -0.15) is 15.8 Å². The topological polar surface area (TPSA) is 71.4 Å². The molecule has 0 atom stereocenters. The van der Waals surface area contributed by atoms with Crippen LogP contribution in [-0.4, -0.2) is 0 Å². The Balaban J connectivity index is 1.22. The lowest BCUT2D eigenvalue weighted by Gasteiger charge is -2.12. The van der Waals surface area contributed by atoms with Crippen molar-refractivity contribution in [3.05, 3.63) is 180 Å². The molecule has 0 aliphatic carbocycles. The van der Waals surface area contributed by atoms with Gasteiger partial charge >= 0.3 is 0 Å². The molecule has 0 N–H and O–H groups in total. The predicted octanol–water partition coefficient (Wildman–Crippen LogP) is 11.3. The van der Waals surface area contributed by atoms with Crippen molar-refractivity contribution >= 4 is 0 Å². The maximum Gasteiger partial charge on any atom is 0.0998 e. The van der Waals surface area contributed by atoms with E-state index in [-0.39, 0.29) is 0 Å². The van der Waals surface area contributed by atoms with Crippen molar-refractivity contribution in [1.82, 2.24) is 0 Å². The highest BCUT2D eigenvalue weighted by Crippen LogP contribution is 2.35. The van der Waals surface area contributed by atoms with Gasteiger partial charge in [0.05, 0.1) is 34.9 Å². The van der Waals surface area contributed by atoms with Gasteiger partial charge in [-0.25, -0.2) is 0 Å². The Kier molecular flexibility index (Phi) is 8.15. The molecule has 222 valence electrons. The van der Waals surface area contributed by atoms with E-state index in [4.69, 9.17) is 0 Å². The number of hydrogen-bond donors (Lipinski definition) is 0. The number of rotatable bonds is 6. The predicted molar refractivity (Wildman–Crippen MR) is 193 cm³/mol. The number of nitriles is 3. The van der Waals surface area contributed by atoms with Crippen molar-refractivity contribution in [3.8, 4) is 85.0 Å². The first-order chi connectivity index (χ1) is 23.6. The zero-order valence-electron chi connectivity index (χ0n) is 25.9. The Bertz CT molecular complexity index is 2400. The van der Waals surface area contributed by atoms with Crippen LogP contribution >= 0.6 is 0 Å². The van der Waals surface area contributed by atoms with Gasteiger partial charge in [-0.05, 0) is 116 Å². The molecule has 0 fully saturated rings. The minimum absolute atomic E-state index is 0.544. The lowest BCUT2D eigenvalue weighted by Crippen LogP contribution is -1.90. The maximum absolute atomic E-state index is 9.99. The Labute approximate surface area is 280 Å². The smallest absolute Gasteiger partial charge is 0.0998 e. The second kappa shape index (κ2) is 13.2. The largest absolute Gasteiger partial charge is 0.192 e. The lowest BCUT2D eigenvalue weighted by molar-refractivity contribution is 1.46. The van der Waals surface area contributed by atoms with Crippen LogP contribution in [0.25, 0.3) is 66.8 Å². The number of benzene rings is 7. The molecule has 7 aromatic carbocycles. The van der Waals surface area contributed by atoms with E-state index in [0.717, 1.165) is 66.8 Å². The Morgan fingerprint density at radius 3 is 1.17 bits per heavy atom. The molecule has 7 rings (SSSR count). The molecule has 0 aromatic heterocycles. The molecule has 0 saturated carbocycles. The minimum Gasteiger partial charge on any atom is -0.192 e. The summed E-state index contributed by atoms with van der Waals surface area (Å²) < 4.78 is 0. The van der Waals surface area contributed by atoms with Gasteiger partial charge in [-0.1, -0.05) is 109 Å². The van der Waals surface area contributed by atoms with E-state index in [9.17, 15) is 15.8 Å². The summed E-state index contributed by atoms with van der Waals surface area (Å²) in [6.45, 7) is 0. The Hall–Kier alpha value is -6.99. The van der Waals surface area contributed by atoms with Crippen molar-refractivity contribution in [2.75, 3.05) is 0 Å². The molecule has 0 saturated heterocycles. The van der Waals surface area contributed by atoms with Crippen LogP contribution in [0.5, 0.6) is 0 Å². The first-order valence-electron chi connectivity index (χ1n) is 15.6. The fraction of sp³-hybridized carbons (Fsp3) is 0. The van der Waals surface area contributed by atoms with Gasteiger partial charge in [0.15, 0.2) is 0 Å². The summed E-state index contributed by atoms with van der Waals surface area (Å²) in [6, 6.07) is 61.4. The first-order valence-corrected chi connectivity index (χ1v) is 15.6. The molecule has 0 aliphatic rings. The van der Waals surface area contributed by atoms with E-state index >= 15 is 0 Å². The monoisotopic (exact) mass is 609 g/mol. The highest BCUT2D eigenvalue weighted by Gasteiger charge is 2.12. The average molecular weight is 610 g/mol. The van der Waals surface area contributed by atoms with Crippen molar-refractivity contribution in [2.24, 2.45) is 0 Å². The van der Waals surface area contributed by atoms with Crippen LogP contribution in [0.1, 0.15) is 16.7 Å². The van der Waals surface area contributed by atoms with Crippen LogP contribution in [0, 0.1) is 34.0 Å². The summed E-state index contributed by atoms with van der Waals surface area (Å²) in [5.41, 5.74) is 13.5. The van der Waals surface area contributed by atoms with E-state index in [1.165, 1.54) is 0 Å². The SMILES string of the molecule is N#Cc1cc(-c2ccccc2)cc(-c2cccc(-c3ccc(-c4ccc(C#N)c(-c5cc(C#N)cc(-c6ccccc6)c5)c4)cc3)c2)c1. The van der Waals surface area contributed by atoms with Gasteiger partial charge < -0.3 is 0 Å². The van der Waals surface area contributed by atoms with Crippen LogP contribution in [0.4, 0.5) is 0 Å². The van der Waals surface area contributed by atoms with Crippen molar-refractivity contribution < 1.29 is 0 Å². The molecule has 48 heavy (non-hydrogen) atoms. The third kappa shape index (κ3) is 6.11. The first kappa shape index (κ1) is 29.7. The van der Waals surface area contributed by atoms with Crippen LogP contribution < -0.4 is 0 Å². The fourth-order valence-electron chi connectivity index (χ4n) is 6.09. The zero-order chi connectivity index (χ0) is 32.9. The standard InChI is InChI=1S/C45H27N3/c46-28-31-20-41(33-8-3-1-4-9-33)25-43(22-31)38-13-7-12-37(24-38)35-14-16-36(17-15-35)39-18-19-40(30-48)45(27-39)44-23-32(29-47)21-42(26-44)34-10-5-2-6-11-34/h1-27H. The second-order valence-electron chi connectivity index (χ2n) is 11.6. The highest BCUT2D eigenvalue weighted by atomic mass is 14.3. The van der Waals surface area contributed by atoms with Crippen LogP contribution in [0.15, 0.2) is 164 Å². The van der Waals surface area contributed by atoms with Crippen molar-refractivity contribution in [3.63, 3.8) is 0 Å². The van der Waals surface area contributed by atoms with Crippen LogP contribution in [0.3, 0.4) is 0 Å². The second-order valence-corrected chi connectivity index (χ2v) is 11.6. The molecule has 0 bridgehead atoms. The van der Waals surface area contributed by atoms with E-state index in [2.05, 4.69) is 78.9 Å². The van der Waals surface area contributed by atoms with E-state index in [1.807, 2.05) is 103 Å². The third-order valence-corrected chi connectivity index (χ3v) is 8.54. The summed E-state index contributed by atoms with van der Waals surface area (Å²) in [5.74, 6) is 0. The summed E-state index contributed by atoms with van der Waals surface area (Å²) >= 11 is 0. The number of hydrogen-bond acceptors (Lipinski definition) is 3. The van der Waals surface area contributed by atoms with Gasteiger partial charge in [0.1, 0.15) is 0 Å². The third-order valence-electron chi connectivity index (χ3n) is 8.54. The maximum atomic E-state index is 9.99. The van der Waals surface area contributed by atoms with Crippen LogP contribution in [-0.2, 0) is 0 Å². The fourth-order valence-corrected chi connectivity index (χ4v) is 6.09. The Morgan fingerprint density at radius 1 is 0.271 bits per heavy atom. The normalized spacial score (nSPS) is 10.4. The van der Waals surface area contributed by atoms with Gasteiger partial charge in [-0.15, -0.1) is 0 Å². The van der Waals surface area contributed by atoms with Gasteiger partial charge in [0, 0.05) is 5.56 Å². The summed E-state index contributed by atoms with van der Waals surface area (Å²) in [5, 5.41) is 29.5. The highest BCUT2D eigenvalue weighted by molar-refractivity contribution is 5.83. The molecule has 0 aliphatic heterocycles.